The second kappa shape index (κ2) is 5.75. The second-order valence-corrected chi connectivity index (χ2v) is 5.76. The van der Waals surface area contributed by atoms with E-state index in [2.05, 4.69) is 24.1 Å². The average Bonchev–Trinajstić information content (AvgIpc) is 2.74. The number of thiazole rings is 1. The lowest BCUT2D eigenvalue weighted by atomic mass is 10.0. The highest BCUT2D eigenvalue weighted by molar-refractivity contribution is 7.11. The van der Waals surface area contributed by atoms with Gasteiger partial charge in [0.05, 0.1) is 6.04 Å². The fourth-order valence-electron chi connectivity index (χ4n) is 1.95. The van der Waals surface area contributed by atoms with E-state index >= 15 is 0 Å². The number of aromatic nitrogens is 1. The largest absolute Gasteiger partial charge is 0.381 e. The van der Waals surface area contributed by atoms with Gasteiger partial charge < -0.3 is 10.1 Å². The minimum atomic E-state index is 0.376. The number of nitrogens with one attached hydrogen (secondary N) is 1. The zero-order valence-electron chi connectivity index (χ0n) is 10.0. The monoisotopic (exact) mass is 240 g/mol. The third-order valence-electron chi connectivity index (χ3n) is 3.06. The third-order valence-corrected chi connectivity index (χ3v) is 4.16. The summed E-state index contributed by atoms with van der Waals surface area (Å²) in [6.45, 7) is 7.24. The molecule has 1 N–H and O–H groups in total. The van der Waals surface area contributed by atoms with Crippen LogP contribution in [-0.2, 0) is 4.74 Å². The summed E-state index contributed by atoms with van der Waals surface area (Å²) in [6, 6.07) is 0.376. The van der Waals surface area contributed by atoms with Gasteiger partial charge >= 0.3 is 0 Å². The number of hydrogen-bond acceptors (Lipinski definition) is 4. The van der Waals surface area contributed by atoms with Crippen molar-refractivity contribution in [2.75, 3.05) is 19.8 Å². The van der Waals surface area contributed by atoms with Crippen LogP contribution in [0.4, 0.5) is 0 Å². The van der Waals surface area contributed by atoms with Gasteiger partial charge in [-0.25, -0.2) is 4.98 Å². The molecule has 2 heterocycles. The van der Waals surface area contributed by atoms with Crippen molar-refractivity contribution in [2.24, 2.45) is 5.92 Å². The molecule has 1 aliphatic heterocycles. The van der Waals surface area contributed by atoms with Gasteiger partial charge in [-0.05, 0) is 39.2 Å². The molecule has 0 radical (unpaired) electrons. The molecule has 1 atom stereocenters. The van der Waals surface area contributed by atoms with Crippen molar-refractivity contribution in [2.45, 2.75) is 32.7 Å². The van der Waals surface area contributed by atoms with Crippen LogP contribution in [0.25, 0.3) is 0 Å². The molecule has 1 unspecified atom stereocenters. The fourth-order valence-corrected chi connectivity index (χ4v) is 2.75. The van der Waals surface area contributed by atoms with Crippen molar-refractivity contribution in [1.82, 2.24) is 10.3 Å². The summed E-state index contributed by atoms with van der Waals surface area (Å²) in [7, 11) is 0. The maximum Gasteiger partial charge on any atom is 0.109 e. The van der Waals surface area contributed by atoms with Crippen LogP contribution in [0.2, 0.25) is 0 Å². The first kappa shape index (κ1) is 12.0. The molecular weight excluding hydrogens is 220 g/mol. The molecule has 0 amide bonds. The normalized spacial score (nSPS) is 19.9. The molecule has 1 saturated heterocycles. The van der Waals surface area contributed by atoms with Crippen LogP contribution in [0.3, 0.4) is 0 Å². The summed E-state index contributed by atoms with van der Waals surface area (Å²) in [5, 5.41) is 4.77. The summed E-state index contributed by atoms with van der Waals surface area (Å²) in [5.41, 5.74) is 0. The second-order valence-electron chi connectivity index (χ2n) is 4.49. The summed E-state index contributed by atoms with van der Waals surface area (Å²) >= 11 is 1.78. The Morgan fingerprint density at radius 2 is 2.31 bits per heavy atom. The van der Waals surface area contributed by atoms with Crippen molar-refractivity contribution in [1.29, 1.82) is 0 Å². The lowest BCUT2D eigenvalue weighted by Gasteiger charge is -2.23. The number of ether oxygens (including phenoxy) is 1. The van der Waals surface area contributed by atoms with Gasteiger partial charge in [0.25, 0.3) is 0 Å². The van der Waals surface area contributed by atoms with Crippen LogP contribution in [0.5, 0.6) is 0 Å². The molecule has 0 spiro atoms. The van der Waals surface area contributed by atoms with Crippen molar-refractivity contribution in [3.8, 4) is 0 Å². The van der Waals surface area contributed by atoms with E-state index in [9.17, 15) is 0 Å². The van der Waals surface area contributed by atoms with E-state index in [1.807, 2.05) is 6.20 Å². The Balaban J connectivity index is 1.76. The Hall–Kier alpha value is -0.450. The molecule has 1 aromatic heterocycles. The summed E-state index contributed by atoms with van der Waals surface area (Å²) in [6.07, 6.45) is 4.33. The van der Waals surface area contributed by atoms with E-state index in [4.69, 9.17) is 4.74 Å². The zero-order valence-corrected chi connectivity index (χ0v) is 10.8. The van der Waals surface area contributed by atoms with Gasteiger partial charge in [-0.3, -0.25) is 0 Å². The minimum absolute atomic E-state index is 0.376. The van der Waals surface area contributed by atoms with Crippen LogP contribution in [0.1, 0.15) is 35.7 Å². The molecule has 0 bridgehead atoms. The number of rotatable bonds is 4. The van der Waals surface area contributed by atoms with Gasteiger partial charge in [0.15, 0.2) is 0 Å². The average molecular weight is 240 g/mol. The summed E-state index contributed by atoms with van der Waals surface area (Å²) in [4.78, 5) is 5.70. The predicted octanol–water partition coefficient (Wildman–Crippen LogP) is 2.53. The van der Waals surface area contributed by atoms with Crippen molar-refractivity contribution < 1.29 is 4.74 Å². The van der Waals surface area contributed by atoms with Crippen molar-refractivity contribution >= 4 is 11.3 Å². The molecule has 1 aliphatic rings. The van der Waals surface area contributed by atoms with Crippen molar-refractivity contribution in [3.63, 3.8) is 0 Å². The Bertz CT molecular complexity index is 321. The predicted molar refractivity (Wildman–Crippen MR) is 66.8 cm³/mol. The van der Waals surface area contributed by atoms with Gasteiger partial charge in [0, 0.05) is 24.3 Å². The number of hydrogen-bond donors (Lipinski definition) is 1. The van der Waals surface area contributed by atoms with Crippen LogP contribution in [-0.4, -0.2) is 24.7 Å². The molecule has 0 aromatic carbocycles. The molecule has 1 aromatic rings. The van der Waals surface area contributed by atoms with Gasteiger partial charge in [0.2, 0.25) is 0 Å². The third kappa shape index (κ3) is 3.27. The number of aryl methyl sites for hydroxylation is 1. The molecule has 16 heavy (non-hydrogen) atoms. The molecule has 2 rings (SSSR count). The zero-order chi connectivity index (χ0) is 11.4. The van der Waals surface area contributed by atoms with E-state index in [0.29, 0.717) is 6.04 Å². The van der Waals surface area contributed by atoms with E-state index in [1.54, 1.807) is 11.3 Å². The standard InChI is InChI=1S/C12H20N2OS/c1-9-7-14-12(16-9)10(2)13-8-11-3-5-15-6-4-11/h7,10-11,13H,3-6,8H2,1-2H3. The van der Waals surface area contributed by atoms with Crippen LogP contribution < -0.4 is 5.32 Å². The van der Waals surface area contributed by atoms with E-state index < -0.39 is 0 Å². The maximum absolute atomic E-state index is 5.36. The van der Waals surface area contributed by atoms with Crippen LogP contribution in [0.15, 0.2) is 6.20 Å². The molecule has 3 nitrogen and oxygen atoms in total. The Labute approximate surface area is 101 Å². The van der Waals surface area contributed by atoms with Crippen molar-refractivity contribution in [3.05, 3.63) is 16.1 Å². The van der Waals surface area contributed by atoms with Gasteiger partial charge in [0.1, 0.15) is 5.01 Å². The maximum atomic E-state index is 5.36. The van der Waals surface area contributed by atoms with E-state index in [-0.39, 0.29) is 0 Å². The SMILES string of the molecule is Cc1cnc(C(C)NCC2CCOCC2)s1. The van der Waals surface area contributed by atoms with Crippen LogP contribution >= 0.6 is 11.3 Å². The summed E-state index contributed by atoms with van der Waals surface area (Å²) < 4.78 is 5.36. The highest BCUT2D eigenvalue weighted by atomic mass is 32.1. The smallest absolute Gasteiger partial charge is 0.109 e. The van der Waals surface area contributed by atoms with E-state index in [1.165, 1.54) is 22.7 Å². The molecule has 1 fully saturated rings. The van der Waals surface area contributed by atoms with Gasteiger partial charge in [-0.15, -0.1) is 11.3 Å². The number of nitrogens with zero attached hydrogens (tertiary/aromatic N) is 1. The van der Waals surface area contributed by atoms with Gasteiger partial charge in [-0.1, -0.05) is 0 Å². The fraction of sp³-hybridized carbons (Fsp3) is 0.750. The van der Waals surface area contributed by atoms with Crippen LogP contribution in [0, 0.1) is 12.8 Å². The summed E-state index contributed by atoms with van der Waals surface area (Å²) in [5.74, 6) is 0.775. The molecule has 0 saturated carbocycles. The molecule has 4 heteroatoms. The lowest BCUT2D eigenvalue weighted by molar-refractivity contribution is 0.0656. The highest BCUT2D eigenvalue weighted by Crippen LogP contribution is 2.20. The Morgan fingerprint density at radius 3 is 2.94 bits per heavy atom. The molecule has 90 valence electrons. The Kier molecular flexibility index (Phi) is 4.32. The first-order valence-electron chi connectivity index (χ1n) is 5.99. The first-order valence-corrected chi connectivity index (χ1v) is 6.81. The topological polar surface area (TPSA) is 34.2 Å². The lowest BCUT2D eigenvalue weighted by Crippen LogP contribution is -2.29. The highest BCUT2D eigenvalue weighted by Gasteiger charge is 2.15. The van der Waals surface area contributed by atoms with E-state index in [0.717, 1.165) is 25.7 Å². The first-order chi connectivity index (χ1) is 7.75. The molecular formula is C12H20N2OS. The van der Waals surface area contributed by atoms with Gasteiger partial charge in [-0.2, -0.15) is 0 Å². The minimum Gasteiger partial charge on any atom is -0.381 e. The molecule has 0 aliphatic carbocycles. The Morgan fingerprint density at radius 1 is 1.56 bits per heavy atom. The quantitative estimate of drug-likeness (QED) is 0.878.